The van der Waals surface area contributed by atoms with Gasteiger partial charge in [0, 0.05) is 35.7 Å². The fourth-order valence-electron chi connectivity index (χ4n) is 2.66. The third-order valence-corrected chi connectivity index (χ3v) is 5.63. The Morgan fingerprint density at radius 3 is 2.58 bits per heavy atom. The van der Waals surface area contributed by atoms with E-state index in [4.69, 9.17) is 28.9 Å². The molecular weight excluding hydrogens is 393 g/mol. The quantitative estimate of drug-likeness (QED) is 0.732. The third kappa shape index (κ3) is 4.26. The minimum atomic E-state index is -0.282. The van der Waals surface area contributed by atoms with E-state index < -0.39 is 0 Å². The third-order valence-electron chi connectivity index (χ3n) is 3.96. The maximum absolute atomic E-state index is 12.5. The molecule has 0 saturated heterocycles. The predicted molar refractivity (Wildman–Crippen MR) is 108 cm³/mol. The number of fused-ring (bicyclic) bond motifs is 1. The molecule has 1 aliphatic heterocycles. The molecule has 2 aromatic carbocycles. The fraction of sp³-hybridized carbons (Fsp3) is 0.222. The lowest BCUT2D eigenvalue weighted by atomic mass is 10.2. The predicted octanol–water partition coefficient (Wildman–Crippen LogP) is 4.43. The number of nitrogens with one attached hydrogen (secondary N) is 1. The molecule has 0 aliphatic carbocycles. The summed E-state index contributed by atoms with van der Waals surface area (Å²) in [6, 6.07) is 10.8. The second kappa shape index (κ2) is 8.20. The topological polar surface area (TPSA) is 75.4 Å². The highest BCUT2D eigenvalue weighted by atomic mass is 35.5. The zero-order chi connectivity index (χ0) is 18.7. The summed E-state index contributed by atoms with van der Waals surface area (Å²) in [4.78, 5) is 27.5. The Bertz CT molecular complexity index is 837. The Morgan fingerprint density at radius 2 is 1.85 bits per heavy atom. The van der Waals surface area contributed by atoms with Crippen LogP contribution < -0.4 is 16.0 Å². The zero-order valence-corrected chi connectivity index (χ0v) is 16.1. The molecule has 3 rings (SSSR count). The van der Waals surface area contributed by atoms with Crippen LogP contribution in [0.4, 0.5) is 17.1 Å². The first-order valence-corrected chi connectivity index (χ1v) is 9.76. The molecular formula is C18H17Cl2N3O2S. The van der Waals surface area contributed by atoms with Crippen molar-refractivity contribution in [2.45, 2.75) is 17.7 Å². The van der Waals surface area contributed by atoms with E-state index in [1.54, 1.807) is 16.7 Å². The number of amides is 2. The largest absolute Gasteiger partial charge is 0.396 e. The Morgan fingerprint density at radius 1 is 1.15 bits per heavy atom. The molecule has 0 aromatic heterocycles. The van der Waals surface area contributed by atoms with Gasteiger partial charge in [0.25, 0.3) is 0 Å². The summed E-state index contributed by atoms with van der Waals surface area (Å²) in [6.45, 7) is 0.644. The molecule has 2 aromatic rings. The van der Waals surface area contributed by atoms with Crippen LogP contribution >= 0.6 is 35.0 Å². The number of nitrogens with two attached hydrogens (primary N) is 1. The highest BCUT2D eigenvalue weighted by Crippen LogP contribution is 2.35. The molecule has 5 nitrogen and oxygen atoms in total. The number of carbonyl (C=O) groups excluding carboxylic acids is 2. The lowest BCUT2D eigenvalue weighted by Gasteiger charge is -2.29. The molecule has 2 amide bonds. The smallest absolute Gasteiger partial charge is 0.227 e. The second-order valence-corrected chi connectivity index (χ2v) is 7.71. The molecule has 0 bridgehead atoms. The van der Waals surface area contributed by atoms with Gasteiger partial charge in [-0.25, -0.2) is 0 Å². The number of hydrogen-bond donors (Lipinski definition) is 2. The molecule has 0 atom stereocenters. The summed E-state index contributed by atoms with van der Waals surface area (Å²) in [5.74, 6) is 0.494. The van der Waals surface area contributed by atoms with E-state index in [0.717, 1.165) is 16.3 Å². The summed E-state index contributed by atoms with van der Waals surface area (Å²) >= 11 is 13.6. The summed E-state index contributed by atoms with van der Waals surface area (Å²) < 4.78 is 0. The summed E-state index contributed by atoms with van der Waals surface area (Å²) in [5, 5.41) is 3.23. The maximum atomic E-state index is 12.5. The molecule has 0 spiro atoms. The van der Waals surface area contributed by atoms with Crippen molar-refractivity contribution in [1.29, 1.82) is 0 Å². The monoisotopic (exact) mass is 409 g/mol. The van der Waals surface area contributed by atoms with Crippen LogP contribution in [-0.4, -0.2) is 24.1 Å². The van der Waals surface area contributed by atoms with Gasteiger partial charge >= 0.3 is 0 Å². The Kier molecular flexibility index (Phi) is 5.96. The minimum absolute atomic E-state index is 0.0683. The van der Waals surface area contributed by atoms with Crippen molar-refractivity contribution < 1.29 is 9.59 Å². The van der Waals surface area contributed by atoms with E-state index in [-0.39, 0.29) is 40.4 Å². The van der Waals surface area contributed by atoms with Crippen LogP contribution in [0.1, 0.15) is 12.8 Å². The number of nitrogens with zero attached hydrogens (tertiary/aromatic N) is 1. The molecule has 136 valence electrons. The van der Waals surface area contributed by atoms with Crippen LogP contribution in [0.3, 0.4) is 0 Å². The van der Waals surface area contributed by atoms with E-state index in [1.807, 2.05) is 24.3 Å². The number of para-hydroxylation sites is 1. The average molecular weight is 410 g/mol. The second-order valence-electron chi connectivity index (χ2n) is 5.76. The Hall–Kier alpha value is -1.89. The molecule has 1 heterocycles. The van der Waals surface area contributed by atoms with Gasteiger partial charge in [0.05, 0.1) is 21.4 Å². The standard InChI is InChI=1S/C18H17Cl2N3O2S/c19-12-9-11(10-13(20)18(12)21)22-16(24)5-6-17(25)23-7-8-26-15-4-2-1-3-14(15)23/h1-4,9-10H,5-8,21H2,(H,22,24). The summed E-state index contributed by atoms with van der Waals surface area (Å²) in [7, 11) is 0. The number of rotatable bonds is 4. The number of hydrogen-bond acceptors (Lipinski definition) is 4. The molecule has 8 heteroatoms. The number of thioether (sulfide) groups is 1. The van der Waals surface area contributed by atoms with E-state index in [2.05, 4.69) is 5.32 Å². The van der Waals surface area contributed by atoms with Crippen molar-refractivity contribution in [2.75, 3.05) is 28.2 Å². The van der Waals surface area contributed by atoms with Crippen LogP contribution in [0.25, 0.3) is 0 Å². The lowest BCUT2D eigenvalue weighted by molar-refractivity contribution is -0.122. The van der Waals surface area contributed by atoms with Crippen LogP contribution in [0.2, 0.25) is 10.0 Å². The average Bonchev–Trinajstić information content (AvgIpc) is 2.63. The molecule has 26 heavy (non-hydrogen) atoms. The van der Waals surface area contributed by atoms with Gasteiger partial charge < -0.3 is 16.0 Å². The first kappa shape index (κ1) is 18.9. The van der Waals surface area contributed by atoms with Gasteiger partial charge in [-0.2, -0.15) is 0 Å². The van der Waals surface area contributed by atoms with Gasteiger partial charge in [-0.05, 0) is 24.3 Å². The minimum Gasteiger partial charge on any atom is -0.396 e. The van der Waals surface area contributed by atoms with Gasteiger partial charge in [-0.3, -0.25) is 9.59 Å². The fourth-order valence-corrected chi connectivity index (χ4v) is 4.15. The van der Waals surface area contributed by atoms with Crippen molar-refractivity contribution in [3.8, 4) is 0 Å². The molecule has 1 aliphatic rings. The van der Waals surface area contributed by atoms with Crippen LogP contribution in [0.5, 0.6) is 0 Å². The van der Waals surface area contributed by atoms with Crippen LogP contribution in [0, 0.1) is 0 Å². The summed E-state index contributed by atoms with van der Waals surface area (Å²) in [6.07, 6.45) is 0.200. The van der Waals surface area contributed by atoms with Crippen LogP contribution in [-0.2, 0) is 9.59 Å². The number of halogens is 2. The van der Waals surface area contributed by atoms with Gasteiger partial charge in [0.15, 0.2) is 0 Å². The van der Waals surface area contributed by atoms with Crippen molar-refractivity contribution in [3.05, 3.63) is 46.4 Å². The van der Waals surface area contributed by atoms with Gasteiger partial charge in [-0.1, -0.05) is 35.3 Å². The number of carbonyl (C=O) groups is 2. The van der Waals surface area contributed by atoms with E-state index in [0.29, 0.717) is 12.2 Å². The van der Waals surface area contributed by atoms with Crippen molar-refractivity contribution in [2.24, 2.45) is 0 Å². The van der Waals surface area contributed by atoms with Crippen molar-refractivity contribution in [3.63, 3.8) is 0 Å². The van der Waals surface area contributed by atoms with Gasteiger partial charge in [-0.15, -0.1) is 11.8 Å². The molecule has 0 radical (unpaired) electrons. The van der Waals surface area contributed by atoms with Crippen molar-refractivity contribution in [1.82, 2.24) is 0 Å². The van der Waals surface area contributed by atoms with Crippen LogP contribution in [0.15, 0.2) is 41.3 Å². The van der Waals surface area contributed by atoms with E-state index >= 15 is 0 Å². The SMILES string of the molecule is Nc1c(Cl)cc(NC(=O)CCC(=O)N2CCSc3ccccc32)cc1Cl. The number of anilines is 3. The van der Waals surface area contributed by atoms with Gasteiger partial charge in [0.2, 0.25) is 11.8 Å². The molecule has 0 saturated carbocycles. The van der Waals surface area contributed by atoms with E-state index in [9.17, 15) is 9.59 Å². The lowest BCUT2D eigenvalue weighted by Crippen LogP contribution is -2.35. The Balaban J connectivity index is 1.59. The van der Waals surface area contributed by atoms with Crippen molar-refractivity contribution >= 4 is 63.8 Å². The van der Waals surface area contributed by atoms with Gasteiger partial charge in [0.1, 0.15) is 0 Å². The highest BCUT2D eigenvalue weighted by molar-refractivity contribution is 7.99. The first-order valence-electron chi connectivity index (χ1n) is 8.02. The first-order chi connectivity index (χ1) is 12.5. The molecule has 0 unspecified atom stereocenters. The normalized spacial score (nSPS) is 13.2. The number of nitrogen functional groups attached to an aromatic ring is 1. The highest BCUT2D eigenvalue weighted by Gasteiger charge is 2.23. The Labute approximate surface area is 165 Å². The summed E-state index contributed by atoms with van der Waals surface area (Å²) in [5.41, 5.74) is 7.30. The molecule has 3 N–H and O–H groups in total. The van der Waals surface area contributed by atoms with E-state index in [1.165, 1.54) is 12.1 Å². The molecule has 0 fully saturated rings. The number of benzene rings is 2. The zero-order valence-electron chi connectivity index (χ0n) is 13.8. The maximum Gasteiger partial charge on any atom is 0.227 e.